The number of rotatable bonds is 4. The zero-order chi connectivity index (χ0) is 16.9. The van der Waals surface area contributed by atoms with Crippen LogP contribution in [-0.4, -0.2) is 5.91 Å². The van der Waals surface area contributed by atoms with E-state index in [4.69, 9.17) is 16.3 Å². The van der Waals surface area contributed by atoms with Crippen LogP contribution in [-0.2, 0) is 0 Å². The summed E-state index contributed by atoms with van der Waals surface area (Å²) < 4.78 is 6.74. The molecular weight excluding hydrogens is 437 g/mol. The van der Waals surface area contributed by atoms with E-state index in [1.165, 1.54) is 0 Å². The SMILES string of the molecule is O=C(Nc1ccccc1Oc1ccccc1Cl)c1ccccc1I. The molecule has 24 heavy (non-hydrogen) atoms. The Bertz CT molecular complexity index is 883. The van der Waals surface area contributed by atoms with Crippen molar-refractivity contribution in [3.63, 3.8) is 0 Å². The molecule has 0 aliphatic heterocycles. The number of para-hydroxylation sites is 3. The number of carbonyl (C=O) groups is 1. The average molecular weight is 450 g/mol. The monoisotopic (exact) mass is 449 g/mol. The van der Waals surface area contributed by atoms with E-state index in [9.17, 15) is 4.79 Å². The number of nitrogens with one attached hydrogen (secondary N) is 1. The normalized spacial score (nSPS) is 10.2. The lowest BCUT2D eigenvalue weighted by molar-refractivity contribution is 0.102. The summed E-state index contributed by atoms with van der Waals surface area (Å²) in [6.45, 7) is 0. The minimum atomic E-state index is -0.185. The largest absolute Gasteiger partial charge is 0.454 e. The van der Waals surface area contributed by atoms with Gasteiger partial charge in [-0.05, 0) is 59.0 Å². The Balaban J connectivity index is 1.86. The molecule has 3 aromatic rings. The van der Waals surface area contributed by atoms with Crippen molar-refractivity contribution in [3.8, 4) is 11.5 Å². The van der Waals surface area contributed by atoms with Gasteiger partial charge in [-0.1, -0.05) is 48.0 Å². The highest BCUT2D eigenvalue weighted by Gasteiger charge is 2.13. The molecule has 0 bridgehead atoms. The van der Waals surface area contributed by atoms with Gasteiger partial charge in [0.2, 0.25) is 0 Å². The third kappa shape index (κ3) is 3.88. The van der Waals surface area contributed by atoms with Gasteiger partial charge in [-0.2, -0.15) is 0 Å². The number of carbonyl (C=O) groups excluding carboxylic acids is 1. The summed E-state index contributed by atoms with van der Waals surface area (Å²) in [6.07, 6.45) is 0. The number of hydrogen-bond donors (Lipinski definition) is 1. The molecule has 1 N–H and O–H groups in total. The van der Waals surface area contributed by atoms with E-state index in [-0.39, 0.29) is 5.91 Å². The van der Waals surface area contributed by atoms with E-state index in [2.05, 4.69) is 27.9 Å². The summed E-state index contributed by atoms with van der Waals surface area (Å²) >= 11 is 8.28. The zero-order valence-corrected chi connectivity index (χ0v) is 15.4. The quantitative estimate of drug-likeness (QED) is 0.497. The van der Waals surface area contributed by atoms with Gasteiger partial charge in [0, 0.05) is 3.57 Å². The zero-order valence-electron chi connectivity index (χ0n) is 12.5. The molecule has 0 atom stereocenters. The van der Waals surface area contributed by atoms with Gasteiger partial charge in [0.05, 0.1) is 16.3 Å². The second-order valence-corrected chi connectivity index (χ2v) is 6.53. The molecule has 0 saturated carbocycles. The van der Waals surface area contributed by atoms with Crippen LogP contribution in [0, 0.1) is 3.57 Å². The summed E-state index contributed by atoms with van der Waals surface area (Å²) in [5.41, 5.74) is 1.20. The molecule has 0 aliphatic rings. The summed E-state index contributed by atoms with van der Waals surface area (Å²) in [6, 6.07) is 21.9. The van der Waals surface area contributed by atoms with Gasteiger partial charge in [0.15, 0.2) is 5.75 Å². The predicted molar refractivity (Wildman–Crippen MR) is 105 cm³/mol. The lowest BCUT2D eigenvalue weighted by Gasteiger charge is -2.13. The topological polar surface area (TPSA) is 38.3 Å². The van der Waals surface area contributed by atoms with Crippen LogP contribution in [0.4, 0.5) is 5.69 Å². The van der Waals surface area contributed by atoms with Crippen LogP contribution >= 0.6 is 34.2 Å². The molecular formula is C19H13ClINO2. The van der Waals surface area contributed by atoms with Crippen LogP contribution in [0.1, 0.15) is 10.4 Å². The molecule has 0 saturated heterocycles. The second kappa shape index (κ2) is 7.68. The molecule has 0 aromatic heterocycles. The molecule has 3 nitrogen and oxygen atoms in total. The fraction of sp³-hybridized carbons (Fsp3) is 0. The first kappa shape index (κ1) is 16.8. The highest BCUT2D eigenvalue weighted by atomic mass is 127. The van der Waals surface area contributed by atoms with Crippen molar-refractivity contribution in [1.29, 1.82) is 0 Å². The van der Waals surface area contributed by atoms with E-state index in [0.29, 0.717) is 27.8 Å². The molecule has 0 aliphatic carbocycles. The highest BCUT2D eigenvalue weighted by Crippen LogP contribution is 2.33. The average Bonchev–Trinajstić information content (AvgIpc) is 2.59. The number of hydrogen-bond acceptors (Lipinski definition) is 2. The van der Waals surface area contributed by atoms with Gasteiger partial charge >= 0.3 is 0 Å². The van der Waals surface area contributed by atoms with Gasteiger partial charge < -0.3 is 10.1 Å². The van der Waals surface area contributed by atoms with Crippen LogP contribution in [0.25, 0.3) is 0 Å². The van der Waals surface area contributed by atoms with Crippen LogP contribution in [0.5, 0.6) is 11.5 Å². The number of halogens is 2. The van der Waals surface area contributed by atoms with Crippen molar-refractivity contribution in [2.75, 3.05) is 5.32 Å². The highest BCUT2D eigenvalue weighted by molar-refractivity contribution is 14.1. The predicted octanol–water partition coefficient (Wildman–Crippen LogP) is 5.99. The van der Waals surface area contributed by atoms with Crippen LogP contribution < -0.4 is 10.1 Å². The van der Waals surface area contributed by atoms with Crippen molar-refractivity contribution in [2.45, 2.75) is 0 Å². The Morgan fingerprint density at radius 2 is 1.50 bits per heavy atom. The first-order valence-corrected chi connectivity index (χ1v) is 8.68. The maximum absolute atomic E-state index is 12.5. The Labute approximate surface area is 158 Å². The smallest absolute Gasteiger partial charge is 0.256 e. The number of ether oxygens (including phenoxy) is 1. The summed E-state index contributed by atoms with van der Waals surface area (Å²) in [7, 11) is 0. The molecule has 5 heteroatoms. The molecule has 0 radical (unpaired) electrons. The van der Waals surface area contributed by atoms with Gasteiger partial charge in [-0.25, -0.2) is 0 Å². The van der Waals surface area contributed by atoms with Gasteiger partial charge in [0.1, 0.15) is 5.75 Å². The lowest BCUT2D eigenvalue weighted by atomic mass is 10.2. The van der Waals surface area contributed by atoms with E-state index in [1.54, 1.807) is 30.3 Å². The Kier molecular flexibility index (Phi) is 5.37. The molecule has 0 unspecified atom stereocenters. The maximum Gasteiger partial charge on any atom is 0.256 e. The minimum Gasteiger partial charge on any atom is -0.454 e. The summed E-state index contributed by atoms with van der Waals surface area (Å²) in [5.74, 6) is 0.884. The van der Waals surface area contributed by atoms with Gasteiger partial charge in [-0.3, -0.25) is 4.79 Å². The molecule has 0 heterocycles. The Morgan fingerprint density at radius 3 is 2.25 bits per heavy atom. The Hall–Kier alpha value is -2.05. The molecule has 0 fully saturated rings. The second-order valence-electron chi connectivity index (χ2n) is 4.96. The van der Waals surface area contributed by atoms with E-state index >= 15 is 0 Å². The standard InChI is InChI=1S/C19H13ClINO2/c20-14-8-2-5-11-17(14)24-18-12-6-4-10-16(18)22-19(23)13-7-1-3-9-15(13)21/h1-12H,(H,22,23). The first-order chi connectivity index (χ1) is 11.6. The van der Waals surface area contributed by atoms with Gasteiger partial charge in [-0.15, -0.1) is 0 Å². The molecule has 120 valence electrons. The van der Waals surface area contributed by atoms with E-state index in [0.717, 1.165) is 3.57 Å². The number of benzene rings is 3. The van der Waals surface area contributed by atoms with Crippen molar-refractivity contribution in [2.24, 2.45) is 0 Å². The molecule has 0 spiro atoms. The van der Waals surface area contributed by atoms with Crippen molar-refractivity contribution in [3.05, 3.63) is 87.0 Å². The maximum atomic E-state index is 12.5. The van der Waals surface area contributed by atoms with Crippen molar-refractivity contribution >= 4 is 45.8 Å². The summed E-state index contributed by atoms with van der Waals surface area (Å²) in [4.78, 5) is 12.5. The summed E-state index contributed by atoms with van der Waals surface area (Å²) in [5, 5.41) is 3.41. The molecule has 3 aromatic carbocycles. The van der Waals surface area contributed by atoms with E-state index < -0.39 is 0 Å². The third-order valence-electron chi connectivity index (χ3n) is 3.31. The minimum absolute atomic E-state index is 0.185. The van der Waals surface area contributed by atoms with Crippen LogP contribution in [0.3, 0.4) is 0 Å². The van der Waals surface area contributed by atoms with E-state index in [1.807, 2.05) is 42.5 Å². The van der Waals surface area contributed by atoms with Gasteiger partial charge in [0.25, 0.3) is 5.91 Å². The third-order valence-corrected chi connectivity index (χ3v) is 4.56. The number of anilines is 1. The molecule has 3 rings (SSSR count). The van der Waals surface area contributed by atoms with Crippen molar-refractivity contribution in [1.82, 2.24) is 0 Å². The Morgan fingerprint density at radius 1 is 0.875 bits per heavy atom. The number of amides is 1. The fourth-order valence-electron chi connectivity index (χ4n) is 2.14. The first-order valence-electron chi connectivity index (χ1n) is 7.22. The van der Waals surface area contributed by atoms with Crippen LogP contribution in [0.15, 0.2) is 72.8 Å². The lowest BCUT2D eigenvalue weighted by Crippen LogP contribution is -2.13. The molecule has 1 amide bonds. The fourth-order valence-corrected chi connectivity index (χ4v) is 2.95. The van der Waals surface area contributed by atoms with Crippen molar-refractivity contribution < 1.29 is 9.53 Å². The van der Waals surface area contributed by atoms with Crippen LogP contribution in [0.2, 0.25) is 5.02 Å².